The predicted octanol–water partition coefficient (Wildman–Crippen LogP) is 15.0. The standard InChI is InChI=1S/C62H90O9Si/c1-16-17-24-49(5)61(71-72(14,15)62(7,8)9)50(6)58(69-44-52-33-39-55(65-11)40-34-52)29-22-19-27-48(4)60(70-45-53-35-41-56(66-12)42-36-53)47(3)26-18-21-28-57(46(2)25-20-23-30-59(63)67-13)68-43-51-31-37-54(64-10)38-32-51/h16-20,23-27,30-42,46-50,57-58,60-61H,1,21-22,28-29,43-45H2,2-15H3/t46-,47+,48+,49+,50-,57-,58-,60+,61-/m1/s1. The number of esters is 1. The highest BCUT2D eigenvalue weighted by Gasteiger charge is 2.42. The molecule has 0 unspecified atom stereocenters. The molecule has 0 heterocycles. The number of ether oxygens (including phenoxy) is 7. The fraction of sp³-hybridized carbons (Fsp3) is 0.500. The summed E-state index contributed by atoms with van der Waals surface area (Å²) in [5.41, 5.74) is 3.26. The molecule has 0 aliphatic carbocycles. The van der Waals surface area contributed by atoms with Crippen LogP contribution in [0.2, 0.25) is 18.1 Å². The van der Waals surface area contributed by atoms with E-state index in [1.165, 1.54) is 13.2 Å². The third-order valence-corrected chi connectivity index (χ3v) is 18.4. The molecule has 396 valence electrons. The summed E-state index contributed by atoms with van der Waals surface area (Å²) in [6, 6.07) is 24.2. The van der Waals surface area contributed by atoms with Gasteiger partial charge in [0.25, 0.3) is 0 Å². The van der Waals surface area contributed by atoms with Gasteiger partial charge in [-0.3, -0.25) is 0 Å². The molecule has 0 spiro atoms. The molecule has 0 fully saturated rings. The zero-order chi connectivity index (χ0) is 53.1. The number of carbonyl (C=O) groups excluding carboxylic acids is 1. The van der Waals surface area contributed by atoms with E-state index in [0.29, 0.717) is 19.8 Å². The maximum atomic E-state index is 11.6. The van der Waals surface area contributed by atoms with Gasteiger partial charge in [0.1, 0.15) is 17.2 Å². The summed E-state index contributed by atoms with van der Waals surface area (Å²) < 4.78 is 48.5. The van der Waals surface area contributed by atoms with Crippen molar-refractivity contribution in [3.63, 3.8) is 0 Å². The molecule has 3 aromatic rings. The second-order valence-corrected chi connectivity index (χ2v) is 25.3. The van der Waals surface area contributed by atoms with Crippen molar-refractivity contribution >= 4 is 14.3 Å². The number of hydrogen-bond donors (Lipinski definition) is 0. The molecule has 9 nitrogen and oxygen atoms in total. The summed E-state index contributed by atoms with van der Waals surface area (Å²) in [6.07, 6.45) is 25.4. The fourth-order valence-corrected chi connectivity index (χ4v) is 9.72. The Bertz CT molecular complexity index is 2130. The number of hydrogen-bond acceptors (Lipinski definition) is 9. The van der Waals surface area contributed by atoms with Crippen LogP contribution in [0.1, 0.15) is 97.8 Å². The summed E-state index contributed by atoms with van der Waals surface area (Å²) in [7, 11) is 4.27. The minimum atomic E-state index is -2.14. The van der Waals surface area contributed by atoms with Crippen LogP contribution in [0.5, 0.6) is 17.2 Å². The molecule has 0 saturated carbocycles. The van der Waals surface area contributed by atoms with E-state index in [9.17, 15) is 4.79 Å². The van der Waals surface area contributed by atoms with Gasteiger partial charge in [-0.2, -0.15) is 0 Å². The first-order valence-corrected chi connectivity index (χ1v) is 28.7. The molecule has 3 aromatic carbocycles. The zero-order valence-corrected chi connectivity index (χ0v) is 47.3. The normalized spacial score (nSPS) is 16.4. The second kappa shape index (κ2) is 32.3. The Labute approximate surface area is 436 Å². The molecular weight excluding hydrogens is 917 g/mol. The van der Waals surface area contributed by atoms with Crippen molar-refractivity contribution in [1.82, 2.24) is 0 Å². The number of carbonyl (C=O) groups is 1. The average Bonchev–Trinajstić information content (AvgIpc) is 3.37. The van der Waals surface area contributed by atoms with Crippen LogP contribution in [0.15, 0.2) is 146 Å². The minimum absolute atomic E-state index is 0.0422. The molecule has 0 bridgehead atoms. The van der Waals surface area contributed by atoms with Crippen LogP contribution >= 0.6 is 0 Å². The highest BCUT2D eigenvalue weighted by Crippen LogP contribution is 2.40. The van der Waals surface area contributed by atoms with Gasteiger partial charge in [-0.05, 0) is 103 Å². The van der Waals surface area contributed by atoms with Gasteiger partial charge in [0.15, 0.2) is 8.32 Å². The summed E-state index contributed by atoms with van der Waals surface area (Å²) in [5, 5.41) is 0.0568. The molecule has 0 aliphatic heterocycles. The summed E-state index contributed by atoms with van der Waals surface area (Å²) in [4.78, 5) is 11.6. The van der Waals surface area contributed by atoms with Crippen LogP contribution in [-0.2, 0) is 48.0 Å². The van der Waals surface area contributed by atoms with Gasteiger partial charge >= 0.3 is 5.97 Å². The molecule has 0 radical (unpaired) electrons. The third-order valence-electron chi connectivity index (χ3n) is 14.0. The number of benzene rings is 3. The van der Waals surface area contributed by atoms with Crippen molar-refractivity contribution in [3.05, 3.63) is 163 Å². The number of methoxy groups -OCH3 is 4. The van der Waals surface area contributed by atoms with Crippen molar-refractivity contribution in [2.24, 2.45) is 29.6 Å². The van der Waals surface area contributed by atoms with Gasteiger partial charge in [-0.15, -0.1) is 0 Å². The highest BCUT2D eigenvalue weighted by atomic mass is 28.4. The lowest BCUT2D eigenvalue weighted by atomic mass is 9.86. The minimum Gasteiger partial charge on any atom is -0.497 e. The molecule has 0 saturated heterocycles. The SMILES string of the molecule is C=CC=C[C@H](C)[C@@H](O[Si](C)(C)C(C)(C)C)[C@H](C)[C@@H](CCC=C[C@H](C)[C@@H](OCc1ccc(OC)cc1)[C@@H](C)C=CCC[C@@H](OCc1ccc(OC)cc1)[C@H](C)C=CC=CC(=O)OC)OCc1ccc(OC)cc1. The van der Waals surface area contributed by atoms with Crippen molar-refractivity contribution in [2.45, 2.75) is 143 Å². The predicted molar refractivity (Wildman–Crippen MR) is 299 cm³/mol. The first-order valence-electron chi connectivity index (χ1n) is 25.8. The van der Waals surface area contributed by atoms with Gasteiger partial charge < -0.3 is 37.6 Å². The summed E-state index contributed by atoms with van der Waals surface area (Å²) in [5.74, 6) is 2.64. The molecule has 0 amide bonds. The lowest BCUT2D eigenvalue weighted by Gasteiger charge is -2.44. The van der Waals surface area contributed by atoms with Gasteiger partial charge in [-0.25, -0.2) is 4.79 Å². The maximum absolute atomic E-state index is 11.6. The van der Waals surface area contributed by atoms with Crippen LogP contribution in [-0.4, -0.2) is 67.1 Å². The van der Waals surface area contributed by atoms with E-state index in [1.54, 1.807) is 27.4 Å². The van der Waals surface area contributed by atoms with Crippen LogP contribution in [0.25, 0.3) is 0 Å². The van der Waals surface area contributed by atoms with Crippen molar-refractivity contribution in [2.75, 3.05) is 28.4 Å². The Kier molecular flexibility index (Phi) is 27.5. The molecule has 9 atom stereocenters. The van der Waals surface area contributed by atoms with Crippen LogP contribution in [0.3, 0.4) is 0 Å². The molecule has 0 aliphatic rings. The first-order chi connectivity index (χ1) is 34.4. The van der Waals surface area contributed by atoms with Gasteiger partial charge in [0.05, 0.1) is 72.7 Å². The van der Waals surface area contributed by atoms with Crippen molar-refractivity contribution in [1.29, 1.82) is 0 Å². The summed E-state index contributed by atoms with van der Waals surface area (Å²) >= 11 is 0. The lowest BCUT2D eigenvalue weighted by Crippen LogP contribution is -2.49. The number of allylic oxidation sites excluding steroid dienone is 6. The van der Waals surface area contributed by atoms with Crippen molar-refractivity contribution in [3.8, 4) is 17.2 Å². The Morgan fingerprint density at radius 2 is 0.972 bits per heavy atom. The molecule has 10 heteroatoms. The highest BCUT2D eigenvalue weighted by molar-refractivity contribution is 6.74. The molecule has 0 N–H and O–H groups in total. The monoisotopic (exact) mass is 1010 g/mol. The van der Waals surface area contributed by atoms with Crippen LogP contribution in [0.4, 0.5) is 0 Å². The molecule has 3 rings (SSSR count). The summed E-state index contributed by atoms with van der Waals surface area (Å²) in [6.45, 7) is 28.2. The lowest BCUT2D eigenvalue weighted by molar-refractivity contribution is -0.134. The average molecular weight is 1010 g/mol. The van der Waals surface area contributed by atoms with E-state index in [-0.39, 0.29) is 65.0 Å². The maximum Gasteiger partial charge on any atom is 0.330 e. The fourth-order valence-electron chi connectivity index (χ4n) is 8.26. The first kappa shape index (κ1) is 61.3. The molecule has 72 heavy (non-hydrogen) atoms. The van der Waals surface area contributed by atoms with Gasteiger partial charge in [0.2, 0.25) is 0 Å². The Balaban J connectivity index is 1.86. The van der Waals surface area contributed by atoms with E-state index in [0.717, 1.165) is 59.6 Å². The van der Waals surface area contributed by atoms with E-state index in [4.69, 9.17) is 37.6 Å². The van der Waals surface area contributed by atoms with E-state index >= 15 is 0 Å². The molecule has 0 aromatic heterocycles. The second-order valence-electron chi connectivity index (χ2n) is 20.6. The smallest absolute Gasteiger partial charge is 0.330 e. The van der Waals surface area contributed by atoms with E-state index in [2.05, 4.69) is 136 Å². The quantitative estimate of drug-likeness (QED) is 0.0194. The zero-order valence-electron chi connectivity index (χ0n) is 46.3. The van der Waals surface area contributed by atoms with Gasteiger partial charge in [0, 0.05) is 29.7 Å². The Morgan fingerprint density at radius 1 is 0.556 bits per heavy atom. The van der Waals surface area contributed by atoms with E-state index < -0.39 is 8.32 Å². The Hall–Kier alpha value is -4.97. The van der Waals surface area contributed by atoms with Crippen LogP contribution < -0.4 is 14.2 Å². The Morgan fingerprint density at radius 3 is 1.40 bits per heavy atom. The van der Waals surface area contributed by atoms with Crippen LogP contribution in [0, 0.1) is 29.6 Å². The van der Waals surface area contributed by atoms with E-state index in [1.807, 2.05) is 66.8 Å². The number of rotatable bonds is 33. The third kappa shape index (κ3) is 21.6. The molecular formula is C62H90O9Si. The largest absolute Gasteiger partial charge is 0.497 e. The topological polar surface area (TPSA) is 90.9 Å². The van der Waals surface area contributed by atoms with Crippen molar-refractivity contribution < 1.29 is 42.4 Å². The van der Waals surface area contributed by atoms with Gasteiger partial charge in [-0.1, -0.05) is 159 Å².